The minimum Gasteiger partial charge on any atom is -0.463 e. The van der Waals surface area contributed by atoms with Gasteiger partial charge in [0.1, 0.15) is 0 Å². The molecule has 0 aromatic rings. The highest BCUT2D eigenvalue weighted by Gasteiger charge is 2.21. The highest BCUT2D eigenvalue weighted by atomic mass is 16.5. The van der Waals surface area contributed by atoms with Gasteiger partial charge in [0.2, 0.25) is 0 Å². The lowest BCUT2D eigenvalue weighted by molar-refractivity contribution is -0.137. The van der Waals surface area contributed by atoms with E-state index < -0.39 is 0 Å². The Bertz CT molecular complexity index is 265. The van der Waals surface area contributed by atoms with Gasteiger partial charge in [-0.05, 0) is 51.9 Å². The van der Waals surface area contributed by atoms with Crippen molar-refractivity contribution in [1.82, 2.24) is 0 Å². The van der Waals surface area contributed by atoms with Gasteiger partial charge in [0, 0.05) is 6.08 Å². The second-order valence-corrected chi connectivity index (χ2v) is 5.00. The van der Waals surface area contributed by atoms with Crippen LogP contribution in [0.25, 0.3) is 0 Å². The standard InChI is InChI=1S/C15H26O3/c1-4-12(3)18-14-9-6-13(7-10-14)8-11-15(16)17-5-2/h8,11-14H,4-7,9-10H2,1-3H3/b11-8+. The molecular weight excluding hydrogens is 228 g/mol. The molecule has 0 radical (unpaired) electrons. The van der Waals surface area contributed by atoms with E-state index in [4.69, 9.17) is 9.47 Å². The molecule has 3 heteroatoms. The van der Waals surface area contributed by atoms with Crippen LogP contribution in [0.5, 0.6) is 0 Å². The SMILES string of the molecule is CCOC(=O)/C=C/C1CCC(OC(C)CC)CC1. The van der Waals surface area contributed by atoms with Gasteiger partial charge in [0.05, 0.1) is 18.8 Å². The summed E-state index contributed by atoms with van der Waals surface area (Å²) in [6.45, 7) is 6.55. The van der Waals surface area contributed by atoms with Crippen LogP contribution in [0.4, 0.5) is 0 Å². The number of ether oxygens (including phenoxy) is 2. The van der Waals surface area contributed by atoms with Crippen LogP contribution >= 0.6 is 0 Å². The molecule has 0 aliphatic heterocycles. The summed E-state index contributed by atoms with van der Waals surface area (Å²) in [6, 6.07) is 0. The molecule has 1 atom stereocenters. The summed E-state index contributed by atoms with van der Waals surface area (Å²) in [5, 5.41) is 0. The molecule has 1 aliphatic carbocycles. The maximum Gasteiger partial charge on any atom is 0.330 e. The summed E-state index contributed by atoms with van der Waals surface area (Å²) in [4.78, 5) is 11.2. The van der Waals surface area contributed by atoms with E-state index >= 15 is 0 Å². The van der Waals surface area contributed by atoms with Crippen molar-refractivity contribution in [1.29, 1.82) is 0 Å². The predicted octanol–water partition coefficient (Wildman–Crippen LogP) is 3.48. The summed E-state index contributed by atoms with van der Waals surface area (Å²) in [5.41, 5.74) is 0. The fourth-order valence-electron chi connectivity index (χ4n) is 2.25. The van der Waals surface area contributed by atoms with Crippen LogP contribution in [0.2, 0.25) is 0 Å². The smallest absolute Gasteiger partial charge is 0.330 e. The number of rotatable bonds is 6. The largest absolute Gasteiger partial charge is 0.463 e. The van der Waals surface area contributed by atoms with Crippen molar-refractivity contribution in [3.8, 4) is 0 Å². The third-order valence-electron chi connectivity index (χ3n) is 3.51. The fourth-order valence-corrected chi connectivity index (χ4v) is 2.25. The second kappa shape index (κ2) is 8.30. The number of allylic oxidation sites excluding steroid dienone is 1. The molecule has 3 nitrogen and oxygen atoms in total. The van der Waals surface area contributed by atoms with E-state index in [2.05, 4.69) is 13.8 Å². The molecule has 0 heterocycles. The highest BCUT2D eigenvalue weighted by molar-refractivity contribution is 5.81. The van der Waals surface area contributed by atoms with Crippen molar-refractivity contribution in [2.24, 2.45) is 5.92 Å². The van der Waals surface area contributed by atoms with Crippen LogP contribution in [0, 0.1) is 5.92 Å². The molecule has 0 aromatic carbocycles. The molecule has 1 rings (SSSR count). The van der Waals surface area contributed by atoms with Gasteiger partial charge in [-0.3, -0.25) is 0 Å². The van der Waals surface area contributed by atoms with Crippen LogP contribution in [-0.4, -0.2) is 24.8 Å². The monoisotopic (exact) mass is 254 g/mol. The summed E-state index contributed by atoms with van der Waals surface area (Å²) >= 11 is 0. The molecule has 1 aliphatic rings. The van der Waals surface area contributed by atoms with Crippen LogP contribution in [0.3, 0.4) is 0 Å². The first kappa shape index (κ1) is 15.2. The quantitative estimate of drug-likeness (QED) is 0.538. The van der Waals surface area contributed by atoms with Crippen molar-refractivity contribution < 1.29 is 14.3 Å². The van der Waals surface area contributed by atoms with Crippen molar-refractivity contribution in [3.05, 3.63) is 12.2 Å². The normalized spacial score (nSPS) is 26.2. The molecule has 0 saturated heterocycles. The Hall–Kier alpha value is -0.830. The Labute approximate surface area is 111 Å². The lowest BCUT2D eigenvalue weighted by atomic mass is 9.87. The van der Waals surface area contributed by atoms with Gasteiger partial charge in [-0.1, -0.05) is 13.0 Å². The van der Waals surface area contributed by atoms with Gasteiger partial charge in [-0.25, -0.2) is 4.79 Å². The number of carbonyl (C=O) groups excluding carboxylic acids is 1. The van der Waals surface area contributed by atoms with E-state index in [1.54, 1.807) is 6.08 Å². The Balaban J connectivity index is 2.24. The topological polar surface area (TPSA) is 35.5 Å². The molecule has 18 heavy (non-hydrogen) atoms. The molecule has 1 unspecified atom stereocenters. The molecule has 0 aromatic heterocycles. The Morgan fingerprint density at radius 1 is 1.28 bits per heavy atom. The zero-order valence-corrected chi connectivity index (χ0v) is 11.9. The molecule has 0 N–H and O–H groups in total. The van der Waals surface area contributed by atoms with Gasteiger partial charge < -0.3 is 9.47 Å². The Morgan fingerprint density at radius 2 is 1.94 bits per heavy atom. The minimum atomic E-state index is -0.226. The van der Waals surface area contributed by atoms with Gasteiger partial charge in [0.25, 0.3) is 0 Å². The summed E-state index contributed by atoms with van der Waals surface area (Å²) < 4.78 is 10.8. The zero-order chi connectivity index (χ0) is 13.4. The Morgan fingerprint density at radius 3 is 2.50 bits per heavy atom. The summed E-state index contributed by atoms with van der Waals surface area (Å²) in [6.07, 6.45) is 9.83. The van der Waals surface area contributed by atoms with Gasteiger partial charge in [-0.15, -0.1) is 0 Å². The van der Waals surface area contributed by atoms with E-state index in [1.807, 2.05) is 13.0 Å². The summed E-state index contributed by atoms with van der Waals surface area (Å²) in [5.74, 6) is 0.279. The maximum absolute atomic E-state index is 11.2. The lowest BCUT2D eigenvalue weighted by Crippen LogP contribution is -2.24. The van der Waals surface area contributed by atoms with Crippen LogP contribution in [0.15, 0.2) is 12.2 Å². The van der Waals surface area contributed by atoms with Gasteiger partial charge >= 0.3 is 5.97 Å². The Kier molecular flexibility index (Phi) is 7.02. The van der Waals surface area contributed by atoms with E-state index in [-0.39, 0.29) is 5.97 Å². The summed E-state index contributed by atoms with van der Waals surface area (Å²) in [7, 11) is 0. The number of hydrogen-bond acceptors (Lipinski definition) is 3. The third kappa shape index (κ3) is 5.67. The first-order valence-corrected chi connectivity index (χ1v) is 7.16. The molecule has 1 fully saturated rings. The van der Waals surface area contributed by atoms with Gasteiger partial charge in [0.15, 0.2) is 0 Å². The number of hydrogen-bond donors (Lipinski definition) is 0. The van der Waals surface area contributed by atoms with Crippen molar-refractivity contribution >= 4 is 5.97 Å². The van der Waals surface area contributed by atoms with Crippen LogP contribution < -0.4 is 0 Å². The minimum absolute atomic E-state index is 0.226. The van der Waals surface area contributed by atoms with E-state index in [0.717, 1.165) is 32.1 Å². The first-order valence-electron chi connectivity index (χ1n) is 7.16. The van der Waals surface area contributed by atoms with E-state index in [1.165, 1.54) is 0 Å². The average Bonchev–Trinajstić information content (AvgIpc) is 2.38. The molecule has 0 spiro atoms. The van der Waals surface area contributed by atoms with Crippen molar-refractivity contribution in [3.63, 3.8) is 0 Å². The van der Waals surface area contributed by atoms with Gasteiger partial charge in [-0.2, -0.15) is 0 Å². The number of esters is 1. The van der Waals surface area contributed by atoms with Crippen molar-refractivity contribution in [2.45, 2.75) is 65.1 Å². The number of carbonyl (C=O) groups is 1. The molecule has 104 valence electrons. The molecule has 0 bridgehead atoms. The molecular formula is C15H26O3. The fraction of sp³-hybridized carbons (Fsp3) is 0.800. The van der Waals surface area contributed by atoms with Crippen molar-refractivity contribution in [2.75, 3.05) is 6.61 Å². The molecule has 0 amide bonds. The third-order valence-corrected chi connectivity index (χ3v) is 3.51. The predicted molar refractivity (Wildman–Crippen MR) is 72.4 cm³/mol. The van der Waals surface area contributed by atoms with E-state index in [0.29, 0.717) is 24.7 Å². The first-order chi connectivity index (χ1) is 8.65. The maximum atomic E-state index is 11.2. The van der Waals surface area contributed by atoms with E-state index in [9.17, 15) is 4.79 Å². The lowest BCUT2D eigenvalue weighted by Gasteiger charge is -2.28. The van der Waals surface area contributed by atoms with Crippen LogP contribution in [-0.2, 0) is 14.3 Å². The molecule has 1 saturated carbocycles. The average molecular weight is 254 g/mol. The highest BCUT2D eigenvalue weighted by Crippen LogP contribution is 2.28. The van der Waals surface area contributed by atoms with Crippen LogP contribution in [0.1, 0.15) is 52.9 Å². The zero-order valence-electron chi connectivity index (χ0n) is 11.9. The second-order valence-electron chi connectivity index (χ2n) is 5.00.